The highest BCUT2D eigenvalue weighted by Crippen LogP contribution is 2.64. The van der Waals surface area contributed by atoms with Gasteiger partial charge in [-0.05, 0) is 239 Å². The Kier molecular flexibility index (Phi) is 24.2. The van der Waals surface area contributed by atoms with Gasteiger partial charge >= 0.3 is 0 Å². The number of hydrogen-bond acceptors (Lipinski definition) is 19. The van der Waals surface area contributed by atoms with Crippen LogP contribution >= 0.6 is 22.6 Å². The average molecular weight is 1690 g/mol. The molecule has 0 spiro atoms. The van der Waals surface area contributed by atoms with Crippen molar-refractivity contribution in [2.75, 3.05) is 33.9 Å². The number of aliphatic hydroxyl groups is 6. The quantitative estimate of drug-likeness (QED) is 0.0259. The van der Waals surface area contributed by atoms with E-state index >= 15 is 0 Å². The topological polar surface area (TPSA) is 321 Å². The van der Waals surface area contributed by atoms with Crippen molar-refractivity contribution in [3.05, 3.63) is 152 Å². The maximum absolute atomic E-state index is 13.9. The van der Waals surface area contributed by atoms with E-state index in [1.165, 1.54) is 33.4 Å². The minimum Gasteiger partial charge on any atom is -0.394 e. The molecule has 24 nitrogen and oxygen atoms in total. The summed E-state index contributed by atoms with van der Waals surface area (Å²) in [5.41, 5.74) is 8.58. The number of amides is 7. The molecule has 19 rings (SSSR count). The van der Waals surface area contributed by atoms with Crippen molar-refractivity contribution >= 4 is 63.9 Å². The number of carbonyl (C=O) groups excluding carboxylic acids is 7. The van der Waals surface area contributed by atoms with E-state index in [-0.39, 0.29) is 92.4 Å². The summed E-state index contributed by atoms with van der Waals surface area (Å²) in [6, 6.07) is 32.1. The molecule has 14 aliphatic rings. The molecule has 5 heterocycles. The number of hydrogen-bond donors (Lipinski definition) is 9. The molecule has 25 heteroatoms. The fourth-order valence-corrected chi connectivity index (χ4v) is 23.0. The lowest BCUT2D eigenvalue weighted by Gasteiger charge is -2.62. The fourth-order valence-electron chi connectivity index (χ4n) is 22.4. The second-order valence-electron chi connectivity index (χ2n) is 37.1. The molecule has 9 N–H and O–H groups in total. The molecule has 9 aliphatic carbocycles. The fraction of sp³-hybridized carbons (Fsp3) is 0.589. The summed E-state index contributed by atoms with van der Waals surface area (Å²) in [6.45, 7) is 25.7. The number of aliphatic hydroxyl groups excluding tert-OH is 6. The molecular weight excluding hydrogens is 1580 g/mol. The molecule has 3 saturated heterocycles. The predicted molar refractivity (Wildman–Crippen MR) is 438 cm³/mol. The number of imide groups is 2. The number of halogens is 1. The second kappa shape index (κ2) is 33.0. The van der Waals surface area contributed by atoms with Crippen LogP contribution in [0.15, 0.2) is 109 Å². The summed E-state index contributed by atoms with van der Waals surface area (Å²) in [4.78, 5) is 112. The van der Waals surface area contributed by atoms with E-state index in [2.05, 4.69) is 107 Å². The summed E-state index contributed by atoms with van der Waals surface area (Å²) in [5.74, 6) is 1.35. The van der Waals surface area contributed by atoms with Crippen molar-refractivity contribution < 1.29 is 78.7 Å². The minimum absolute atomic E-state index is 0.0655. The van der Waals surface area contributed by atoms with Gasteiger partial charge in [0.1, 0.15) is 36.4 Å². The standard InChI is InChI=1S/2C33H41N3O6.C24H35IN2O4/c2*1-17-25-13-22(33(25,3)4)14-26(17)34-30(39)29-28(18(2)38)27(16-37)42-36(29)15-19-7-6-8-20(11-19)21-9-10-23-24(12-21)32(41)35(5)31(23)40;1-13-18-9-16(24(18,3)4)10-19(13)26-23(30)22-21(14(2)29)20(12-28)31-27(22)11-15-6-5-7-17(25)8-15/h2*6-12,17-18,22,25-29,37-38H,13-16H2,1-5H3,(H,34,39);5-8,13-14,16,18-22,28-29H,9-12H2,1-4H3,(H,26,30)/t2*17-,18-,22+,25-,26-,27-,28+,29-;13-,14-,16+,18-,19-,20-,21+,22-/m000/s1. The molecule has 9 saturated carbocycles. The zero-order valence-electron chi connectivity index (χ0n) is 68.6. The van der Waals surface area contributed by atoms with E-state index in [0.29, 0.717) is 98.3 Å². The molecule has 0 aromatic heterocycles. The predicted octanol–water partition coefficient (Wildman–Crippen LogP) is 9.43. The maximum atomic E-state index is 13.9. The van der Waals surface area contributed by atoms with E-state index in [1.807, 2.05) is 78.9 Å². The zero-order chi connectivity index (χ0) is 82.7. The van der Waals surface area contributed by atoms with E-state index < -0.39 is 72.5 Å². The molecule has 620 valence electrons. The van der Waals surface area contributed by atoms with E-state index in [9.17, 15) is 64.2 Å². The lowest BCUT2D eigenvalue weighted by Crippen LogP contribution is -2.62. The number of hydroxylamine groups is 6. The Bertz CT molecular complexity index is 4320. The first kappa shape index (κ1) is 84.5. The second-order valence-corrected chi connectivity index (χ2v) is 38.3. The first-order valence-electron chi connectivity index (χ1n) is 41.4. The first-order valence-corrected chi connectivity index (χ1v) is 42.5. The Balaban J connectivity index is 0.000000144. The Morgan fingerprint density at radius 1 is 0.426 bits per heavy atom. The van der Waals surface area contributed by atoms with Crippen LogP contribution < -0.4 is 16.0 Å². The van der Waals surface area contributed by atoms with E-state index in [0.717, 1.165) is 71.6 Å². The van der Waals surface area contributed by atoms with Crippen LogP contribution in [-0.2, 0) is 48.5 Å². The zero-order valence-corrected chi connectivity index (χ0v) is 70.8. The van der Waals surface area contributed by atoms with Crippen LogP contribution in [0.4, 0.5) is 0 Å². The van der Waals surface area contributed by atoms with Crippen molar-refractivity contribution in [3.8, 4) is 22.3 Å². The van der Waals surface area contributed by atoms with Crippen LogP contribution in [-0.4, -0.2) is 204 Å². The van der Waals surface area contributed by atoms with Gasteiger partial charge < -0.3 is 46.6 Å². The summed E-state index contributed by atoms with van der Waals surface area (Å²) in [7, 11) is 2.96. The van der Waals surface area contributed by atoms with Crippen LogP contribution in [0.3, 0.4) is 0 Å². The summed E-state index contributed by atoms with van der Waals surface area (Å²) in [6.07, 6.45) is 2.05. The van der Waals surface area contributed by atoms with Gasteiger partial charge in [-0.15, -0.1) is 0 Å². The van der Waals surface area contributed by atoms with Gasteiger partial charge in [-0.2, -0.15) is 15.2 Å². The lowest BCUT2D eigenvalue weighted by molar-refractivity contribution is -0.183. The molecule has 0 unspecified atom stereocenters. The van der Waals surface area contributed by atoms with Crippen molar-refractivity contribution in [2.24, 2.45) is 87.3 Å². The number of nitrogens with zero attached hydrogens (tertiary/aromatic N) is 5. The highest BCUT2D eigenvalue weighted by atomic mass is 127. The number of rotatable bonds is 20. The molecule has 5 aliphatic heterocycles. The number of fused-ring (bicyclic) bond motifs is 8. The van der Waals surface area contributed by atoms with Gasteiger partial charge in [-0.3, -0.25) is 57.9 Å². The van der Waals surface area contributed by atoms with Gasteiger partial charge in [-0.1, -0.05) is 123 Å². The lowest BCUT2D eigenvalue weighted by atomic mass is 9.45. The molecular formula is C90H117IN8O16. The van der Waals surface area contributed by atoms with Gasteiger partial charge in [0.15, 0.2) is 0 Å². The largest absolute Gasteiger partial charge is 0.394 e. The van der Waals surface area contributed by atoms with Crippen molar-refractivity contribution in [3.63, 3.8) is 0 Å². The summed E-state index contributed by atoms with van der Waals surface area (Å²) in [5, 5.41) is 76.8. The Morgan fingerprint density at radius 3 is 0.991 bits per heavy atom. The van der Waals surface area contributed by atoms with Crippen LogP contribution in [0.2, 0.25) is 0 Å². The van der Waals surface area contributed by atoms with Gasteiger partial charge in [0.05, 0.1) is 80.0 Å². The number of carbonyl (C=O) groups is 7. The highest BCUT2D eigenvalue weighted by Gasteiger charge is 2.61. The van der Waals surface area contributed by atoms with Gasteiger partial charge in [0.2, 0.25) is 17.7 Å². The van der Waals surface area contributed by atoms with Gasteiger partial charge in [-0.25, -0.2) is 0 Å². The molecule has 5 aromatic carbocycles. The molecule has 24 atom stereocenters. The third-order valence-electron chi connectivity index (χ3n) is 29.8. The van der Waals surface area contributed by atoms with Crippen molar-refractivity contribution in [2.45, 2.75) is 214 Å². The highest BCUT2D eigenvalue weighted by molar-refractivity contribution is 14.1. The van der Waals surface area contributed by atoms with Gasteiger partial charge in [0, 0.05) is 53.5 Å². The molecule has 12 fully saturated rings. The SMILES string of the molecule is C[C@@H]1[C@@H](NC(=O)[C@@H]2[C@H]([C@H](C)O)[C@H](CO)ON2Cc2cccc(-c3ccc4c(c3)C(=O)N(C)C4=O)c2)C[C@H]2C[C@@H]1C2(C)C.C[C@@H]1[C@@H](NC(=O)[C@@H]2[C@H]([C@H](C)O)[C@H](CO)ON2Cc2cccc(-c3ccc4c(c3)C(=O)N(C)C4=O)c2)C[C@H]2C[C@@H]1C2(C)C.C[C@@H]1[C@@H](NC(=O)[C@@H]2[C@H]([C@H](C)O)[C@H](CO)ON2Cc2cccc(I)c2)C[C@H]2C[C@@H]1C2(C)C. The van der Waals surface area contributed by atoms with Gasteiger partial charge in [0.25, 0.3) is 23.6 Å². The Labute approximate surface area is 688 Å². The van der Waals surface area contributed by atoms with Crippen LogP contribution in [0.5, 0.6) is 0 Å². The first-order chi connectivity index (χ1) is 54.5. The molecule has 115 heavy (non-hydrogen) atoms. The van der Waals surface area contributed by atoms with E-state index in [4.69, 9.17) is 14.5 Å². The number of benzene rings is 5. The third-order valence-corrected chi connectivity index (χ3v) is 30.5. The summed E-state index contributed by atoms with van der Waals surface area (Å²) >= 11 is 2.27. The maximum Gasteiger partial charge on any atom is 0.261 e. The van der Waals surface area contributed by atoms with Crippen LogP contribution in [0.1, 0.15) is 180 Å². The summed E-state index contributed by atoms with van der Waals surface area (Å²) < 4.78 is 1.11. The monoisotopic (exact) mass is 1690 g/mol. The molecule has 0 radical (unpaired) electrons. The Hall–Kier alpha value is -6.96. The Morgan fingerprint density at radius 2 is 0.713 bits per heavy atom. The van der Waals surface area contributed by atoms with Crippen LogP contribution in [0.25, 0.3) is 22.3 Å². The minimum atomic E-state index is -0.866. The normalized spacial score (nSPS) is 33.9. The smallest absolute Gasteiger partial charge is 0.261 e. The molecule has 7 amide bonds. The van der Waals surface area contributed by atoms with E-state index in [1.54, 1.807) is 60.2 Å². The molecule has 6 bridgehead atoms. The third kappa shape index (κ3) is 15.6. The number of nitrogens with one attached hydrogen (secondary N) is 3. The van der Waals surface area contributed by atoms with Crippen LogP contribution in [0, 0.1) is 90.8 Å². The average Bonchev–Trinajstić information content (AvgIpc) is 1.73. The molecule has 5 aromatic rings. The van der Waals surface area contributed by atoms with Crippen molar-refractivity contribution in [1.29, 1.82) is 0 Å². The van der Waals surface area contributed by atoms with Crippen molar-refractivity contribution in [1.82, 2.24) is 40.9 Å².